The molecule has 35 heavy (non-hydrogen) atoms. The molecule has 1 N–H and O–H groups in total. The molecule has 0 amide bonds. The minimum absolute atomic E-state index is 0.0329. The van der Waals surface area contributed by atoms with Crippen LogP contribution in [0.1, 0.15) is 45.2 Å². The van der Waals surface area contributed by atoms with Crippen LogP contribution in [0.3, 0.4) is 0 Å². The highest BCUT2D eigenvalue weighted by Crippen LogP contribution is 2.26. The largest absolute Gasteiger partial charge is 0.370 e. The fraction of sp³-hybridized carbons (Fsp3) is 0.462. The Bertz CT molecular complexity index is 1370. The van der Waals surface area contributed by atoms with Gasteiger partial charge in [0.1, 0.15) is 11.9 Å². The van der Waals surface area contributed by atoms with Gasteiger partial charge >= 0.3 is 0 Å². The number of pyridine rings is 2. The topological polar surface area (TPSA) is 85.3 Å². The first kappa shape index (κ1) is 22.0. The molecule has 1 aliphatic carbocycles. The maximum Gasteiger partial charge on any atom is 0.254 e. The smallest absolute Gasteiger partial charge is 0.254 e. The lowest BCUT2D eigenvalue weighted by Crippen LogP contribution is -2.47. The van der Waals surface area contributed by atoms with Gasteiger partial charge in [-0.3, -0.25) is 9.36 Å². The van der Waals surface area contributed by atoms with Crippen LogP contribution in [0.15, 0.2) is 60.2 Å². The summed E-state index contributed by atoms with van der Waals surface area (Å²) >= 11 is 0. The Morgan fingerprint density at radius 1 is 1.17 bits per heavy atom. The highest BCUT2D eigenvalue weighted by molar-refractivity contribution is 5.76. The average Bonchev–Trinajstić information content (AvgIpc) is 3.53. The van der Waals surface area contributed by atoms with E-state index in [-0.39, 0.29) is 11.7 Å². The number of piperidine rings is 1. The predicted molar refractivity (Wildman–Crippen MR) is 136 cm³/mol. The molecule has 1 saturated carbocycles. The summed E-state index contributed by atoms with van der Waals surface area (Å²) in [5.74, 6) is 0.862. The molecule has 4 aromatic heterocycles. The van der Waals surface area contributed by atoms with Gasteiger partial charge < -0.3 is 14.6 Å². The normalized spacial score (nSPS) is 19.7. The lowest BCUT2D eigenvalue weighted by Gasteiger charge is -2.36. The SMILES string of the molecule is CC(n1cc(-c2cccn3cncc23)nn1)n1ccc(N2CCCC(NCC3CCC3)C2)cc1=O. The number of fused-ring (bicyclic) bond motifs is 1. The Kier molecular flexibility index (Phi) is 5.85. The number of aromatic nitrogens is 6. The summed E-state index contributed by atoms with van der Waals surface area (Å²) in [6.45, 7) is 5.04. The van der Waals surface area contributed by atoms with Crippen molar-refractivity contribution in [1.82, 2.24) is 34.3 Å². The van der Waals surface area contributed by atoms with E-state index in [1.165, 1.54) is 25.7 Å². The van der Waals surface area contributed by atoms with Crippen molar-refractivity contribution in [3.8, 4) is 11.3 Å². The van der Waals surface area contributed by atoms with Crippen molar-refractivity contribution in [3.05, 3.63) is 65.7 Å². The first-order valence-electron chi connectivity index (χ1n) is 12.7. The molecular weight excluding hydrogens is 440 g/mol. The third kappa shape index (κ3) is 4.36. The van der Waals surface area contributed by atoms with Crippen LogP contribution in [0.4, 0.5) is 5.69 Å². The van der Waals surface area contributed by atoms with Crippen molar-refractivity contribution in [2.45, 2.75) is 51.2 Å². The van der Waals surface area contributed by atoms with Crippen LogP contribution in [0.2, 0.25) is 0 Å². The van der Waals surface area contributed by atoms with Gasteiger partial charge in [0.2, 0.25) is 0 Å². The summed E-state index contributed by atoms with van der Waals surface area (Å²) < 4.78 is 5.39. The molecule has 182 valence electrons. The molecule has 2 aliphatic rings. The second-order valence-electron chi connectivity index (χ2n) is 9.94. The van der Waals surface area contributed by atoms with Crippen LogP contribution in [-0.4, -0.2) is 54.6 Å². The molecule has 5 heterocycles. The van der Waals surface area contributed by atoms with E-state index in [9.17, 15) is 4.79 Å². The molecule has 2 unspecified atom stereocenters. The molecule has 0 spiro atoms. The number of imidazole rings is 1. The zero-order valence-corrected chi connectivity index (χ0v) is 20.1. The van der Waals surface area contributed by atoms with Gasteiger partial charge in [0.25, 0.3) is 5.56 Å². The van der Waals surface area contributed by atoms with Crippen LogP contribution < -0.4 is 15.8 Å². The summed E-state index contributed by atoms with van der Waals surface area (Å²) in [6.07, 6.45) is 15.5. The maximum atomic E-state index is 13.1. The van der Waals surface area contributed by atoms with E-state index in [0.29, 0.717) is 6.04 Å². The molecule has 0 bridgehead atoms. The van der Waals surface area contributed by atoms with Crippen molar-refractivity contribution in [3.63, 3.8) is 0 Å². The highest BCUT2D eigenvalue weighted by atomic mass is 16.1. The number of hydrogen-bond donors (Lipinski definition) is 1. The standard InChI is InChI=1S/C26H32N8O/c1-19(34-17-24(29-30-34)23-8-4-11-32-18-27-15-25(23)32)33-12-9-22(13-26(33)35)31-10-3-7-21(16-31)28-14-20-5-2-6-20/h4,8-9,11-13,15,17-21,28H,2-3,5-7,10,14,16H2,1H3. The van der Waals surface area contributed by atoms with E-state index < -0.39 is 0 Å². The molecular formula is C26H32N8O. The fourth-order valence-electron chi connectivity index (χ4n) is 5.27. The first-order chi connectivity index (χ1) is 17.2. The van der Waals surface area contributed by atoms with E-state index >= 15 is 0 Å². The van der Waals surface area contributed by atoms with Gasteiger partial charge in [0, 0.05) is 48.8 Å². The van der Waals surface area contributed by atoms with Crippen LogP contribution in [0.5, 0.6) is 0 Å². The zero-order chi connectivity index (χ0) is 23.8. The van der Waals surface area contributed by atoms with Gasteiger partial charge in [0.15, 0.2) is 0 Å². The minimum atomic E-state index is -0.291. The molecule has 6 rings (SSSR count). The van der Waals surface area contributed by atoms with Gasteiger partial charge in [-0.25, -0.2) is 9.67 Å². The number of rotatable bonds is 7. The van der Waals surface area contributed by atoms with Crippen LogP contribution >= 0.6 is 0 Å². The Hall–Kier alpha value is -3.46. The second-order valence-corrected chi connectivity index (χ2v) is 9.94. The number of hydrogen-bond acceptors (Lipinski definition) is 6. The number of anilines is 1. The van der Waals surface area contributed by atoms with E-state index in [1.54, 1.807) is 21.6 Å². The molecule has 2 atom stereocenters. The molecule has 0 aromatic carbocycles. The van der Waals surface area contributed by atoms with Gasteiger partial charge in [-0.15, -0.1) is 5.10 Å². The summed E-state index contributed by atoms with van der Waals surface area (Å²) in [4.78, 5) is 19.7. The van der Waals surface area contributed by atoms with E-state index in [0.717, 1.165) is 54.4 Å². The van der Waals surface area contributed by atoms with Gasteiger partial charge in [-0.05, 0) is 63.3 Å². The monoisotopic (exact) mass is 472 g/mol. The van der Waals surface area contributed by atoms with Crippen molar-refractivity contribution < 1.29 is 0 Å². The van der Waals surface area contributed by atoms with E-state index in [1.807, 2.05) is 48.2 Å². The second kappa shape index (κ2) is 9.30. The van der Waals surface area contributed by atoms with Crippen molar-refractivity contribution in [2.24, 2.45) is 5.92 Å². The predicted octanol–water partition coefficient (Wildman–Crippen LogP) is 3.18. The Morgan fingerprint density at radius 2 is 2.09 bits per heavy atom. The summed E-state index contributed by atoms with van der Waals surface area (Å²) in [5.41, 5.74) is 3.64. The van der Waals surface area contributed by atoms with Crippen molar-refractivity contribution in [2.75, 3.05) is 24.5 Å². The van der Waals surface area contributed by atoms with Crippen LogP contribution in [0, 0.1) is 5.92 Å². The van der Waals surface area contributed by atoms with Crippen molar-refractivity contribution >= 4 is 11.2 Å². The number of nitrogens with zero attached hydrogens (tertiary/aromatic N) is 7. The minimum Gasteiger partial charge on any atom is -0.370 e. The van der Waals surface area contributed by atoms with Crippen LogP contribution in [0.25, 0.3) is 16.8 Å². The molecule has 4 aromatic rings. The molecule has 1 aliphatic heterocycles. The first-order valence-corrected chi connectivity index (χ1v) is 12.7. The summed E-state index contributed by atoms with van der Waals surface area (Å²) in [6, 6.07) is 8.28. The maximum absolute atomic E-state index is 13.1. The molecule has 9 heteroatoms. The average molecular weight is 473 g/mol. The van der Waals surface area contributed by atoms with E-state index in [4.69, 9.17) is 0 Å². The lowest BCUT2D eigenvalue weighted by atomic mass is 9.85. The summed E-state index contributed by atoms with van der Waals surface area (Å²) in [5, 5.41) is 12.5. The Morgan fingerprint density at radius 3 is 2.91 bits per heavy atom. The molecule has 2 fully saturated rings. The molecule has 0 radical (unpaired) electrons. The highest BCUT2D eigenvalue weighted by Gasteiger charge is 2.23. The zero-order valence-electron chi connectivity index (χ0n) is 20.1. The third-order valence-corrected chi connectivity index (χ3v) is 7.66. The van der Waals surface area contributed by atoms with Gasteiger partial charge in [0.05, 0.1) is 24.2 Å². The summed E-state index contributed by atoms with van der Waals surface area (Å²) in [7, 11) is 0. The number of nitrogens with one attached hydrogen (secondary N) is 1. The third-order valence-electron chi connectivity index (χ3n) is 7.66. The quantitative estimate of drug-likeness (QED) is 0.445. The lowest BCUT2D eigenvalue weighted by molar-refractivity contribution is 0.280. The van der Waals surface area contributed by atoms with Gasteiger partial charge in [-0.1, -0.05) is 11.6 Å². The fourth-order valence-corrected chi connectivity index (χ4v) is 5.27. The van der Waals surface area contributed by atoms with Crippen molar-refractivity contribution in [1.29, 1.82) is 0 Å². The van der Waals surface area contributed by atoms with Crippen LogP contribution in [-0.2, 0) is 0 Å². The molecule has 9 nitrogen and oxygen atoms in total. The van der Waals surface area contributed by atoms with Gasteiger partial charge in [-0.2, -0.15) is 0 Å². The molecule has 1 saturated heterocycles. The Labute approximate surface area is 204 Å². The van der Waals surface area contributed by atoms with E-state index in [2.05, 4.69) is 31.6 Å². The Balaban J connectivity index is 1.17.